The topological polar surface area (TPSA) is 12.9 Å². The molecule has 3 aromatic rings. The third kappa shape index (κ3) is 1.47. The molecular formula is C15H11N. The Bertz CT molecular complexity index is 826. The smallest absolute Gasteiger partial charge is 0.0780 e. The Labute approximate surface area is 101 Å². The van der Waals surface area contributed by atoms with Gasteiger partial charge in [-0.1, -0.05) is 54.5 Å². The predicted octanol–water partition coefficient (Wildman–Crippen LogP) is 3.90. The van der Waals surface area contributed by atoms with E-state index in [9.17, 15) is 0 Å². The largest absolute Gasteiger partial charge is 0.256 e. The van der Waals surface area contributed by atoms with E-state index in [-0.39, 0.29) is 29.7 Å². The van der Waals surface area contributed by atoms with E-state index in [1.165, 1.54) is 0 Å². The van der Waals surface area contributed by atoms with Gasteiger partial charge in [-0.3, -0.25) is 4.98 Å². The van der Waals surface area contributed by atoms with Gasteiger partial charge in [-0.15, -0.1) is 0 Å². The average molecular weight is 210 g/mol. The first-order valence-corrected chi connectivity index (χ1v) is 4.93. The number of pyridine rings is 1. The van der Waals surface area contributed by atoms with Gasteiger partial charge >= 0.3 is 0 Å². The maximum absolute atomic E-state index is 8.04. The van der Waals surface area contributed by atoms with Gasteiger partial charge in [0.05, 0.1) is 12.5 Å². The van der Waals surface area contributed by atoms with Crippen LogP contribution in [-0.4, -0.2) is 4.98 Å². The molecule has 0 radical (unpaired) electrons. The van der Waals surface area contributed by atoms with Crippen LogP contribution in [0.1, 0.15) is 6.85 Å². The van der Waals surface area contributed by atoms with Crippen molar-refractivity contribution in [1.29, 1.82) is 0 Å². The van der Waals surface area contributed by atoms with E-state index in [1.807, 2.05) is 30.3 Å². The fraction of sp³-hybridized carbons (Fsp3) is 0. The zero-order valence-corrected chi connectivity index (χ0v) is 8.41. The fourth-order valence-electron chi connectivity index (χ4n) is 1.69. The Morgan fingerprint density at radius 2 is 1.75 bits per heavy atom. The van der Waals surface area contributed by atoms with E-state index < -0.39 is 6.04 Å². The lowest BCUT2D eigenvalue weighted by molar-refractivity contribution is 1.36. The molecule has 2 aromatic carbocycles. The van der Waals surface area contributed by atoms with Crippen LogP contribution < -0.4 is 0 Å². The summed E-state index contributed by atoms with van der Waals surface area (Å²) < 4.78 is 39.2. The summed E-state index contributed by atoms with van der Waals surface area (Å²) in [7, 11) is 0. The van der Waals surface area contributed by atoms with Crippen molar-refractivity contribution in [3.8, 4) is 11.3 Å². The lowest BCUT2D eigenvalue weighted by Gasteiger charge is -2.04. The van der Waals surface area contributed by atoms with E-state index in [2.05, 4.69) is 4.98 Å². The zero-order chi connectivity index (χ0) is 15.1. The standard InChI is InChI=1S/C15H11N/c1-2-7-13(8-3-1)15-14-9-5-4-6-12(14)10-11-16-15/h1-11H/i1D,2D,3D,7D,8D. The molecule has 3 rings (SSSR count). The van der Waals surface area contributed by atoms with E-state index in [4.69, 9.17) is 6.85 Å². The molecule has 0 aliphatic heterocycles. The van der Waals surface area contributed by atoms with E-state index in [1.54, 1.807) is 6.20 Å². The summed E-state index contributed by atoms with van der Waals surface area (Å²) in [4.78, 5) is 4.24. The molecule has 0 N–H and O–H groups in total. The zero-order valence-electron chi connectivity index (χ0n) is 13.4. The van der Waals surface area contributed by atoms with Crippen molar-refractivity contribution in [1.82, 2.24) is 4.98 Å². The van der Waals surface area contributed by atoms with Crippen LogP contribution in [0.2, 0.25) is 0 Å². The molecule has 1 aromatic heterocycles. The van der Waals surface area contributed by atoms with Crippen LogP contribution in [0.25, 0.3) is 22.0 Å². The Morgan fingerprint density at radius 1 is 0.938 bits per heavy atom. The third-order valence-corrected chi connectivity index (χ3v) is 2.41. The van der Waals surface area contributed by atoms with Crippen molar-refractivity contribution >= 4 is 10.8 Å². The summed E-state index contributed by atoms with van der Waals surface area (Å²) in [6.07, 6.45) is 1.58. The average Bonchev–Trinajstić information content (AvgIpc) is 2.51. The lowest BCUT2D eigenvalue weighted by Crippen LogP contribution is -1.84. The van der Waals surface area contributed by atoms with Gasteiger partial charge in [-0.25, -0.2) is 0 Å². The summed E-state index contributed by atoms with van der Waals surface area (Å²) in [5.41, 5.74) is 0.544. The molecule has 76 valence electrons. The Hall–Kier alpha value is -2.15. The molecule has 0 saturated heterocycles. The summed E-state index contributed by atoms with van der Waals surface area (Å²) in [5.74, 6) is 0. The molecule has 1 heteroatoms. The quantitative estimate of drug-likeness (QED) is 0.593. The normalized spacial score (nSPS) is 14.9. The van der Waals surface area contributed by atoms with Gasteiger partial charge in [0.25, 0.3) is 0 Å². The second kappa shape index (κ2) is 3.78. The maximum atomic E-state index is 8.04. The van der Waals surface area contributed by atoms with Crippen LogP contribution in [0.5, 0.6) is 0 Å². The number of fused-ring (bicyclic) bond motifs is 1. The second-order valence-corrected chi connectivity index (χ2v) is 3.38. The minimum absolute atomic E-state index is 0.137. The van der Waals surface area contributed by atoms with E-state index in [0.717, 1.165) is 10.8 Å². The SMILES string of the molecule is [2H]c1c([2H])c([2H])c(-c2nccc3ccccc23)c([2H])c1[2H]. The lowest BCUT2D eigenvalue weighted by atomic mass is 10.0. The molecule has 16 heavy (non-hydrogen) atoms. The van der Waals surface area contributed by atoms with Gasteiger partial charge in [0, 0.05) is 17.1 Å². The maximum Gasteiger partial charge on any atom is 0.0780 e. The highest BCUT2D eigenvalue weighted by atomic mass is 14.7. The summed E-state index contributed by atoms with van der Waals surface area (Å²) in [6, 6.07) is 7.73. The van der Waals surface area contributed by atoms with Crippen molar-refractivity contribution in [3.05, 3.63) is 66.7 Å². The molecule has 1 heterocycles. The number of hydrogen-bond donors (Lipinski definition) is 0. The first kappa shape index (κ1) is 5.26. The predicted molar refractivity (Wildman–Crippen MR) is 67.2 cm³/mol. The van der Waals surface area contributed by atoms with Gasteiger partial charge in [-0.05, 0) is 11.5 Å². The van der Waals surface area contributed by atoms with Crippen molar-refractivity contribution in [2.24, 2.45) is 0 Å². The van der Waals surface area contributed by atoms with E-state index >= 15 is 0 Å². The molecule has 0 unspecified atom stereocenters. The molecule has 0 bridgehead atoms. The number of hydrogen-bond acceptors (Lipinski definition) is 1. The number of benzene rings is 2. The Kier molecular flexibility index (Phi) is 1.24. The third-order valence-electron chi connectivity index (χ3n) is 2.41. The minimum Gasteiger partial charge on any atom is -0.256 e. The molecule has 0 amide bonds. The molecule has 0 saturated carbocycles. The van der Waals surface area contributed by atoms with Crippen molar-refractivity contribution in [2.45, 2.75) is 0 Å². The van der Waals surface area contributed by atoms with Crippen LogP contribution in [0.3, 0.4) is 0 Å². The second-order valence-electron chi connectivity index (χ2n) is 3.38. The van der Waals surface area contributed by atoms with Crippen LogP contribution in [0.4, 0.5) is 0 Å². The molecule has 0 atom stereocenters. The highest BCUT2D eigenvalue weighted by Gasteiger charge is 2.03. The number of nitrogens with zero attached hydrogens (tertiary/aromatic N) is 1. The molecule has 0 aliphatic carbocycles. The van der Waals surface area contributed by atoms with Gasteiger partial charge in [0.15, 0.2) is 0 Å². The Morgan fingerprint density at radius 3 is 2.62 bits per heavy atom. The summed E-state index contributed by atoms with van der Waals surface area (Å²) in [6.45, 7) is 0. The fourth-order valence-corrected chi connectivity index (χ4v) is 1.69. The van der Waals surface area contributed by atoms with Gasteiger partial charge in [0.2, 0.25) is 0 Å². The monoisotopic (exact) mass is 210 g/mol. The van der Waals surface area contributed by atoms with Crippen molar-refractivity contribution in [2.75, 3.05) is 0 Å². The van der Waals surface area contributed by atoms with Crippen LogP contribution >= 0.6 is 0 Å². The van der Waals surface area contributed by atoms with Crippen LogP contribution in [0, 0.1) is 0 Å². The highest BCUT2D eigenvalue weighted by molar-refractivity contribution is 5.94. The summed E-state index contributed by atoms with van der Waals surface area (Å²) >= 11 is 0. The first-order valence-electron chi connectivity index (χ1n) is 7.43. The minimum atomic E-state index is -0.394. The van der Waals surface area contributed by atoms with Gasteiger partial charge < -0.3 is 0 Å². The molecule has 0 fully saturated rings. The molecular weight excluding hydrogens is 194 g/mol. The first-order chi connectivity index (χ1) is 10.0. The highest BCUT2D eigenvalue weighted by Crippen LogP contribution is 2.25. The van der Waals surface area contributed by atoms with Crippen molar-refractivity contribution < 1.29 is 6.85 Å². The molecule has 0 spiro atoms. The van der Waals surface area contributed by atoms with Gasteiger partial charge in [-0.2, -0.15) is 0 Å². The van der Waals surface area contributed by atoms with E-state index in [0.29, 0.717) is 5.69 Å². The van der Waals surface area contributed by atoms with Gasteiger partial charge in [0.1, 0.15) is 0 Å². The molecule has 0 aliphatic rings. The number of aromatic nitrogens is 1. The van der Waals surface area contributed by atoms with Crippen LogP contribution in [0.15, 0.2) is 66.7 Å². The summed E-state index contributed by atoms with van der Waals surface area (Å²) in [5, 5.41) is 1.67. The van der Waals surface area contributed by atoms with Crippen molar-refractivity contribution in [3.63, 3.8) is 0 Å². The molecule has 1 nitrogen and oxygen atoms in total. The van der Waals surface area contributed by atoms with Crippen LogP contribution in [-0.2, 0) is 0 Å². The number of rotatable bonds is 1. The Balaban J connectivity index is 2.44.